The first-order valence-electron chi connectivity index (χ1n) is 7.20. The molecule has 0 aromatic heterocycles. The van der Waals surface area contributed by atoms with E-state index in [1.54, 1.807) is 24.3 Å². The summed E-state index contributed by atoms with van der Waals surface area (Å²) in [5.74, 6) is -0.120. The number of rotatable bonds is 5. The van der Waals surface area contributed by atoms with Gasteiger partial charge in [-0.2, -0.15) is 0 Å². The first kappa shape index (κ1) is 17.8. The van der Waals surface area contributed by atoms with Crippen molar-refractivity contribution in [2.24, 2.45) is 5.73 Å². The van der Waals surface area contributed by atoms with E-state index < -0.39 is 43.2 Å². The van der Waals surface area contributed by atoms with Gasteiger partial charge in [-0.25, -0.2) is 0 Å². The zero-order valence-electron chi connectivity index (χ0n) is 12.7. The highest BCUT2D eigenvalue weighted by molar-refractivity contribution is 5.69. The molecule has 1 fully saturated rings. The van der Waals surface area contributed by atoms with E-state index in [-0.39, 0.29) is 6.61 Å². The fourth-order valence-corrected chi connectivity index (χ4v) is 2.38. The number of aliphatic hydroxyl groups is 3. The molecule has 1 heterocycles. The van der Waals surface area contributed by atoms with Gasteiger partial charge in [-0.1, -0.05) is 18.2 Å². The molecule has 0 amide bonds. The maximum Gasteiger partial charge on any atom is 0.308 e. The molecule has 1 aromatic rings. The minimum Gasteiger partial charge on any atom is -0.426 e. The van der Waals surface area contributed by atoms with E-state index in [2.05, 4.69) is 0 Å². The Hall–Kier alpha value is -1.55. The number of aliphatic hydroxyl groups excluding tert-OH is 3. The van der Waals surface area contributed by atoms with E-state index in [0.29, 0.717) is 11.3 Å². The predicted molar refractivity (Wildman–Crippen MR) is 78.3 cm³/mol. The summed E-state index contributed by atoms with van der Waals surface area (Å²) in [5, 5.41) is 29.0. The van der Waals surface area contributed by atoms with Crippen molar-refractivity contribution >= 4 is 5.97 Å². The zero-order valence-corrected chi connectivity index (χ0v) is 12.7. The first-order valence-corrected chi connectivity index (χ1v) is 7.20. The second-order valence-corrected chi connectivity index (χ2v) is 5.28. The van der Waals surface area contributed by atoms with Gasteiger partial charge in [0.15, 0.2) is 0 Å². The Bertz CT molecular complexity index is 538. The van der Waals surface area contributed by atoms with Gasteiger partial charge in [-0.3, -0.25) is 4.79 Å². The third-order valence-electron chi connectivity index (χ3n) is 3.56. The molecule has 0 spiro atoms. The molecule has 8 heteroatoms. The van der Waals surface area contributed by atoms with Gasteiger partial charge in [0.25, 0.3) is 0 Å². The van der Waals surface area contributed by atoms with Crippen molar-refractivity contribution < 1.29 is 34.3 Å². The Morgan fingerprint density at radius 1 is 1.30 bits per heavy atom. The Labute approximate surface area is 133 Å². The summed E-state index contributed by atoms with van der Waals surface area (Å²) in [6.07, 6.45) is -5.58. The van der Waals surface area contributed by atoms with Gasteiger partial charge < -0.3 is 35.3 Å². The SMILES string of the molecule is CC(=O)Oc1ccccc1CO[C@H]1C(N)O[C@H](CO)[C@@H](O)[C@H]1O. The summed E-state index contributed by atoms with van der Waals surface area (Å²) in [6.45, 7) is 0.824. The van der Waals surface area contributed by atoms with E-state index in [4.69, 9.17) is 25.1 Å². The topological polar surface area (TPSA) is 131 Å². The van der Waals surface area contributed by atoms with Crippen LogP contribution >= 0.6 is 0 Å². The zero-order chi connectivity index (χ0) is 17.0. The van der Waals surface area contributed by atoms with Crippen molar-refractivity contribution in [3.63, 3.8) is 0 Å². The second-order valence-electron chi connectivity index (χ2n) is 5.28. The van der Waals surface area contributed by atoms with E-state index >= 15 is 0 Å². The fourth-order valence-electron chi connectivity index (χ4n) is 2.38. The van der Waals surface area contributed by atoms with E-state index in [1.165, 1.54) is 6.92 Å². The Kier molecular flexibility index (Phi) is 6.05. The van der Waals surface area contributed by atoms with Crippen LogP contribution in [0.5, 0.6) is 5.75 Å². The monoisotopic (exact) mass is 327 g/mol. The lowest BCUT2D eigenvalue weighted by molar-refractivity contribution is -0.242. The van der Waals surface area contributed by atoms with Crippen LogP contribution in [0, 0.1) is 0 Å². The van der Waals surface area contributed by atoms with Crippen molar-refractivity contribution in [3.05, 3.63) is 29.8 Å². The minimum atomic E-state index is -1.31. The molecule has 1 unspecified atom stereocenters. The molecule has 8 nitrogen and oxygen atoms in total. The molecule has 128 valence electrons. The molecule has 0 radical (unpaired) electrons. The highest BCUT2D eigenvalue weighted by atomic mass is 16.6. The maximum atomic E-state index is 11.1. The van der Waals surface area contributed by atoms with Crippen molar-refractivity contribution in [2.75, 3.05) is 6.61 Å². The van der Waals surface area contributed by atoms with Crippen LogP contribution in [0.4, 0.5) is 0 Å². The highest BCUT2D eigenvalue weighted by Gasteiger charge is 2.43. The quantitative estimate of drug-likeness (QED) is 0.396. The molecule has 0 aliphatic carbocycles. The highest BCUT2D eigenvalue weighted by Crippen LogP contribution is 2.24. The summed E-state index contributed by atoms with van der Waals surface area (Å²) < 4.78 is 15.8. The normalized spacial score (nSPS) is 30.9. The molecular weight excluding hydrogens is 306 g/mol. The largest absolute Gasteiger partial charge is 0.426 e. The maximum absolute atomic E-state index is 11.1. The van der Waals surface area contributed by atoms with Crippen LogP contribution in [-0.4, -0.2) is 58.5 Å². The number of hydrogen-bond acceptors (Lipinski definition) is 8. The van der Waals surface area contributed by atoms with Crippen LogP contribution in [0.25, 0.3) is 0 Å². The number of hydrogen-bond donors (Lipinski definition) is 4. The lowest BCUT2D eigenvalue weighted by Gasteiger charge is -2.40. The Morgan fingerprint density at radius 2 is 2.00 bits per heavy atom. The lowest BCUT2D eigenvalue weighted by atomic mass is 9.98. The molecule has 2 rings (SSSR count). The molecule has 0 bridgehead atoms. The van der Waals surface area contributed by atoms with Gasteiger partial charge >= 0.3 is 5.97 Å². The smallest absolute Gasteiger partial charge is 0.308 e. The van der Waals surface area contributed by atoms with Gasteiger partial charge in [0.05, 0.1) is 13.2 Å². The van der Waals surface area contributed by atoms with E-state index in [1.807, 2.05) is 0 Å². The van der Waals surface area contributed by atoms with Crippen LogP contribution in [0.1, 0.15) is 12.5 Å². The molecule has 1 aliphatic heterocycles. The Morgan fingerprint density at radius 3 is 2.65 bits per heavy atom. The average molecular weight is 327 g/mol. The number of benzene rings is 1. The number of para-hydroxylation sites is 1. The molecule has 1 aliphatic rings. The summed E-state index contributed by atoms with van der Waals surface area (Å²) >= 11 is 0. The molecule has 0 saturated carbocycles. The Balaban J connectivity index is 2.04. The van der Waals surface area contributed by atoms with Gasteiger partial charge in [-0.15, -0.1) is 0 Å². The average Bonchev–Trinajstić information content (AvgIpc) is 2.51. The number of carbonyl (C=O) groups is 1. The first-order chi connectivity index (χ1) is 10.9. The fraction of sp³-hybridized carbons (Fsp3) is 0.533. The van der Waals surface area contributed by atoms with Crippen LogP contribution in [0.15, 0.2) is 24.3 Å². The van der Waals surface area contributed by atoms with Crippen LogP contribution in [0.2, 0.25) is 0 Å². The number of nitrogens with two attached hydrogens (primary N) is 1. The van der Waals surface area contributed by atoms with Gasteiger partial charge in [0.1, 0.15) is 36.4 Å². The van der Waals surface area contributed by atoms with Gasteiger partial charge in [0.2, 0.25) is 0 Å². The van der Waals surface area contributed by atoms with Crippen molar-refractivity contribution in [1.82, 2.24) is 0 Å². The lowest BCUT2D eigenvalue weighted by Crippen LogP contribution is -2.62. The van der Waals surface area contributed by atoms with Crippen molar-refractivity contribution in [3.8, 4) is 5.75 Å². The van der Waals surface area contributed by atoms with Crippen LogP contribution in [0.3, 0.4) is 0 Å². The summed E-state index contributed by atoms with van der Waals surface area (Å²) in [6, 6.07) is 6.77. The molecule has 1 saturated heterocycles. The second kappa shape index (κ2) is 7.82. The van der Waals surface area contributed by atoms with Crippen molar-refractivity contribution in [2.45, 2.75) is 44.2 Å². The van der Waals surface area contributed by atoms with E-state index in [9.17, 15) is 15.0 Å². The van der Waals surface area contributed by atoms with Gasteiger partial charge in [0, 0.05) is 12.5 Å². The predicted octanol–water partition coefficient (Wildman–Crippen LogP) is -1.11. The third-order valence-corrected chi connectivity index (χ3v) is 3.56. The number of carbonyl (C=O) groups excluding carboxylic acids is 1. The molecular formula is C15H21NO7. The minimum absolute atomic E-state index is 0.00124. The molecule has 1 aromatic carbocycles. The molecule has 23 heavy (non-hydrogen) atoms. The molecule has 5 atom stereocenters. The van der Waals surface area contributed by atoms with Gasteiger partial charge in [-0.05, 0) is 6.07 Å². The summed E-state index contributed by atoms with van der Waals surface area (Å²) in [5.41, 5.74) is 6.35. The summed E-state index contributed by atoms with van der Waals surface area (Å²) in [7, 11) is 0. The van der Waals surface area contributed by atoms with Crippen molar-refractivity contribution in [1.29, 1.82) is 0 Å². The standard InChI is InChI=1S/C15H21NO7/c1-8(18)22-10-5-3-2-4-9(10)7-21-14-13(20)12(19)11(6-17)23-15(14)16/h2-5,11-15,17,19-20H,6-7,16H2,1H3/t11-,12-,13-,14-,15?/m1/s1. The van der Waals surface area contributed by atoms with E-state index in [0.717, 1.165) is 0 Å². The molecule has 5 N–H and O–H groups in total. The van der Waals surface area contributed by atoms with Crippen LogP contribution in [-0.2, 0) is 20.9 Å². The third kappa shape index (κ3) is 4.25. The van der Waals surface area contributed by atoms with Crippen LogP contribution < -0.4 is 10.5 Å². The summed E-state index contributed by atoms with van der Waals surface area (Å²) in [4.78, 5) is 11.1. The number of ether oxygens (including phenoxy) is 3. The number of esters is 1.